The lowest BCUT2D eigenvalue weighted by Crippen LogP contribution is -2.30. The van der Waals surface area contributed by atoms with Gasteiger partial charge >= 0.3 is 0 Å². The number of hydrogen-bond donors (Lipinski definition) is 1. The fraction of sp³-hybridized carbons (Fsp3) is 0.357. The molecular weight excluding hydrogens is 278 g/mol. The van der Waals surface area contributed by atoms with Gasteiger partial charge in [0, 0.05) is 23.4 Å². The lowest BCUT2D eigenvalue weighted by Gasteiger charge is -2.14. The Labute approximate surface area is 121 Å². The first-order valence-corrected chi connectivity index (χ1v) is 7.82. The number of aryl methyl sites for hydroxylation is 1. The van der Waals surface area contributed by atoms with Crippen LogP contribution in [0.2, 0.25) is 0 Å². The van der Waals surface area contributed by atoms with Crippen LogP contribution in [0.3, 0.4) is 0 Å². The molecule has 2 aromatic heterocycles. The quantitative estimate of drug-likeness (QED) is 0.889. The van der Waals surface area contributed by atoms with E-state index in [-0.39, 0.29) is 12.0 Å². The van der Waals surface area contributed by atoms with Crippen LogP contribution in [-0.2, 0) is 16.0 Å². The number of ether oxygens (including phenoxy) is 1. The Bertz CT molecular complexity index is 519. The maximum absolute atomic E-state index is 11.8. The third-order valence-electron chi connectivity index (χ3n) is 2.79. The first-order chi connectivity index (χ1) is 9.19. The fourth-order valence-corrected chi connectivity index (χ4v) is 3.40. The van der Waals surface area contributed by atoms with Crippen molar-refractivity contribution in [3.8, 4) is 0 Å². The van der Waals surface area contributed by atoms with Crippen molar-refractivity contribution in [3.05, 3.63) is 44.3 Å². The molecule has 0 radical (unpaired) electrons. The smallest absolute Gasteiger partial charge is 0.224 e. The summed E-state index contributed by atoms with van der Waals surface area (Å²) in [5.41, 5.74) is 1.06. The number of methoxy groups -OCH3 is 1. The molecule has 1 amide bonds. The highest BCUT2D eigenvalue weighted by Gasteiger charge is 2.14. The van der Waals surface area contributed by atoms with Gasteiger partial charge in [0.05, 0.1) is 6.42 Å². The SMILES string of the molecule is CO[C@H](CNC(=O)Cc1ccsc1)c1ccc(C)s1. The largest absolute Gasteiger partial charge is 0.374 e. The molecule has 0 saturated carbocycles. The standard InChI is InChI=1S/C14H17NO2S2/c1-10-3-4-13(19-10)12(17-2)8-15-14(16)7-11-5-6-18-9-11/h3-6,9,12H,7-8H2,1-2H3,(H,15,16)/t12-/m1/s1. The first-order valence-electron chi connectivity index (χ1n) is 6.06. The normalized spacial score (nSPS) is 12.3. The molecule has 0 aliphatic carbocycles. The van der Waals surface area contributed by atoms with Gasteiger partial charge in [0.2, 0.25) is 5.91 Å². The molecule has 0 spiro atoms. The Morgan fingerprint density at radius 2 is 2.26 bits per heavy atom. The maximum Gasteiger partial charge on any atom is 0.224 e. The minimum absolute atomic E-state index is 0.0359. The highest BCUT2D eigenvalue weighted by molar-refractivity contribution is 7.12. The molecule has 102 valence electrons. The number of amides is 1. The van der Waals surface area contributed by atoms with Gasteiger partial charge in [0.1, 0.15) is 6.10 Å². The minimum atomic E-state index is -0.0647. The van der Waals surface area contributed by atoms with Gasteiger partial charge in [-0.3, -0.25) is 4.79 Å². The molecule has 0 aliphatic rings. The first kappa shape index (κ1) is 14.2. The highest BCUT2D eigenvalue weighted by Crippen LogP contribution is 2.24. The second-order valence-corrected chi connectivity index (χ2v) is 6.38. The molecule has 1 atom stereocenters. The number of hydrogen-bond acceptors (Lipinski definition) is 4. The predicted octanol–water partition coefficient (Wildman–Crippen LogP) is 3.16. The number of thiophene rings is 2. The zero-order chi connectivity index (χ0) is 13.7. The van der Waals surface area contributed by atoms with Crippen molar-refractivity contribution in [2.24, 2.45) is 0 Å². The Morgan fingerprint density at radius 1 is 1.42 bits per heavy atom. The molecule has 0 saturated heterocycles. The Balaban J connectivity index is 1.84. The molecule has 5 heteroatoms. The third-order valence-corrected chi connectivity index (χ3v) is 4.62. The van der Waals surface area contributed by atoms with Crippen LogP contribution >= 0.6 is 22.7 Å². The van der Waals surface area contributed by atoms with Crippen LogP contribution in [-0.4, -0.2) is 19.6 Å². The van der Waals surface area contributed by atoms with E-state index in [1.165, 1.54) is 4.88 Å². The van der Waals surface area contributed by atoms with Crippen LogP contribution in [0.4, 0.5) is 0 Å². The average molecular weight is 295 g/mol. The van der Waals surface area contributed by atoms with Crippen LogP contribution in [0.1, 0.15) is 21.4 Å². The summed E-state index contributed by atoms with van der Waals surface area (Å²) < 4.78 is 5.43. The summed E-state index contributed by atoms with van der Waals surface area (Å²) in [5, 5.41) is 6.90. The van der Waals surface area contributed by atoms with E-state index in [4.69, 9.17) is 4.74 Å². The molecule has 1 N–H and O–H groups in total. The molecule has 0 unspecified atom stereocenters. The molecule has 0 aromatic carbocycles. The molecule has 2 heterocycles. The van der Waals surface area contributed by atoms with E-state index in [0.29, 0.717) is 13.0 Å². The van der Waals surface area contributed by atoms with Gasteiger partial charge in [0.15, 0.2) is 0 Å². The van der Waals surface area contributed by atoms with Gasteiger partial charge in [-0.1, -0.05) is 0 Å². The minimum Gasteiger partial charge on any atom is -0.374 e. The van der Waals surface area contributed by atoms with E-state index in [9.17, 15) is 4.79 Å². The van der Waals surface area contributed by atoms with Crippen molar-refractivity contribution in [1.29, 1.82) is 0 Å². The van der Waals surface area contributed by atoms with Gasteiger partial charge in [0.25, 0.3) is 0 Å². The van der Waals surface area contributed by atoms with Crippen molar-refractivity contribution in [1.82, 2.24) is 5.32 Å². The summed E-state index contributed by atoms with van der Waals surface area (Å²) in [4.78, 5) is 14.2. The number of rotatable bonds is 6. The molecule has 2 rings (SSSR count). The summed E-state index contributed by atoms with van der Waals surface area (Å²) in [6.07, 6.45) is 0.369. The van der Waals surface area contributed by atoms with E-state index in [0.717, 1.165) is 10.4 Å². The monoisotopic (exact) mass is 295 g/mol. The summed E-state index contributed by atoms with van der Waals surface area (Å²) in [5.74, 6) is 0.0359. The number of carbonyl (C=O) groups is 1. The van der Waals surface area contributed by atoms with Gasteiger partial charge in [-0.15, -0.1) is 11.3 Å². The molecule has 3 nitrogen and oxygen atoms in total. The summed E-state index contributed by atoms with van der Waals surface area (Å²) in [6, 6.07) is 6.10. The molecular formula is C14H17NO2S2. The molecule has 0 aliphatic heterocycles. The second-order valence-electron chi connectivity index (χ2n) is 4.29. The third kappa shape index (κ3) is 4.16. The molecule has 0 fully saturated rings. The van der Waals surface area contributed by atoms with E-state index < -0.39 is 0 Å². The Hall–Kier alpha value is -1.17. The van der Waals surface area contributed by atoms with Crippen LogP contribution in [0.15, 0.2) is 29.0 Å². The Morgan fingerprint density at radius 3 is 2.84 bits per heavy atom. The van der Waals surface area contributed by atoms with Crippen molar-refractivity contribution in [3.63, 3.8) is 0 Å². The van der Waals surface area contributed by atoms with Gasteiger partial charge in [-0.2, -0.15) is 11.3 Å². The summed E-state index contributed by atoms with van der Waals surface area (Å²) >= 11 is 3.31. The van der Waals surface area contributed by atoms with E-state index >= 15 is 0 Å². The maximum atomic E-state index is 11.8. The van der Waals surface area contributed by atoms with E-state index in [2.05, 4.69) is 24.4 Å². The Kier molecular flexibility index (Phi) is 5.13. The molecule has 0 bridgehead atoms. The van der Waals surface area contributed by atoms with E-state index in [1.807, 2.05) is 16.8 Å². The van der Waals surface area contributed by atoms with Crippen molar-refractivity contribution in [2.75, 3.05) is 13.7 Å². The fourth-order valence-electron chi connectivity index (χ4n) is 1.77. The average Bonchev–Trinajstić information content (AvgIpc) is 3.02. The van der Waals surface area contributed by atoms with Gasteiger partial charge in [-0.05, 0) is 41.4 Å². The lowest BCUT2D eigenvalue weighted by molar-refractivity contribution is -0.121. The lowest BCUT2D eigenvalue weighted by atomic mass is 10.2. The zero-order valence-corrected chi connectivity index (χ0v) is 12.6. The highest BCUT2D eigenvalue weighted by atomic mass is 32.1. The number of nitrogens with one attached hydrogen (secondary N) is 1. The van der Waals surface area contributed by atoms with Crippen LogP contribution in [0.5, 0.6) is 0 Å². The van der Waals surface area contributed by atoms with Crippen molar-refractivity contribution < 1.29 is 9.53 Å². The predicted molar refractivity (Wildman–Crippen MR) is 79.8 cm³/mol. The van der Waals surface area contributed by atoms with Crippen LogP contribution in [0.25, 0.3) is 0 Å². The second kappa shape index (κ2) is 6.84. The summed E-state index contributed by atoms with van der Waals surface area (Å²) in [6.45, 7) is 2.58. The zero-order valence-electron chi connectivity index (χ0n) is 11.0. The van der Waals surface area contributed by atoms with Crippen molar-refractivity contribution >= 4 is 28.6 Å². The summed E-state index contributed by atoms with van der Waals surface area (Å²) in [7, 11) is 1.67. The molecule has 2 aromatic rings. The van der Waals surface area contributed by atoms with Crippen molar-refractivity contribution in [2.45, 2.75) is 19.4 Å². The number of carbonyl (C=O) groups excluding carboxylic acids is 1. The van der Waals surface area contributed by atoms with Crippen LogP contribution < -0.4 is 5.32 Å². The van der Waals surface area contributed by atoms with E-state index in [1.54, 1.807) is 29.8 Å². The van der Waals surface area contributed by atoms with Gasteiger partial charge < -0.3 is 10.1 Å². The van der Waals surface area contributed by atoms with Crippen LogP contribution in [0, 0.1) is 6.92 Å². The molecule has 19 heavy (non-hydrogen) atoms. The topological polar surface area (TPSA) is 38.3 Å². The van der Waals surface area contributed by atoms with Gasteiger partial charge in [-0.25, -0.2) is 0 Å².